The molecule has 0 unspecified atom stereocenters. The standard InChI is InChI=1S/C19H15Cl2N5O2S/c1-3-16-23-24-19-26(16)25-18(29-19)11-5-7-15(28-2)14(9-11)22-17(27)10-4-6-12(20)13(21)8-10/h4-9H,3H2,1-2H3,(H,22,27). The minimum absolute atomic E-state index is 0.312. The highest BCUT2D eigenvalue weighted by Crippen LogP contribution is 2.33. The van der Waals surface area contributed by atoms with Crippen LogP contribution in [0, 0.1) is 0 Å². The summed E-state index contributed by atoms with van der Waals surface area (Å²) in [5, 5.41) is 17.2. The largest absolute Gasteiger partial charge is 0.495 e. The molecule has 0 aliphatic carbocycles. The average Bonchev–Trinajstić information content (AvgIpc) is 3.30. The lowest BCUT2D eigenvalue weighted by molar-refractivity contribution is 0.102. The fourth-order valence-electron chi connectivity index (χ4n) is 2.77. The van der Waals surface area contributed by atoms with Gasteiger partial charge in [-0.1, -0.05) is 41.5 Å². The highest BCUT2D eigenvalue weighted by atomic mass is 35.5. The summed E-state index contributed by atoms with van der Waals surface area (Å²) in [7, 11) is 1.54. The number of carbonyl (C=O) groups excluding carboxylic acids is 1. The predicted octanol–water partition coefficient (Wildman–Crippen LogP) is 4.98. The third-order valence-corrected chi connectivity index (χ3v) is 5.93. The number of hydrogen-bond acceptors (Lipinski definition) is 6. The zero-order valence-corrected chi connectivity index (χ0v) is 17.8. The molecule has 29 heavy (non-hydrogen) atoms. The molecular weight excluding hydrogens is 433 g/mol. The molecule has 10 heteroatoms. The molecule has 0 saturated heterocycles. The molecule has 0 aliphatic rings. The van der Waals surface area contributed by atoms with E-state index in [1.54, 1.807) is 29.8 Å². The summed E-state index contributed by atoms with van der Waals surface area (Å²) in [5.74, 6) is 0.994. The number of aryl methyl sites for hydroxylation is 1. The van der Waals surface area contributed by atoms with E-state index in [4.69, 9.17) is 27.9 Å². The van der Waals surface area contributed by atoms with Crippen molar-refractivity contribution in [3.05, 3.63) is 57.8 Å². The Morgan fingerprint density at radius 3 is 2.72 bits per heavy atom. The minimum Gasteiger partial charge on any atom is -0.495 e. The first-order valence-electron chi connectivity index (χ1n) is 8.66. The number of nitrogens with zero attached hydrogens (tertiary/aromatic N) is 4. The molecule has 4 aromatic rings. The van der Waals surface area contributed by atoms with Crippen molar-refractivity contribution in [2.24, 2.45) is 0 Å². The Hall–Kier alpha value is -2.68. The third kappa shape index (κ3) is 3.78. The SMILES string of the molecule is CCc1nnc2sc(-c3ccc(OC)c(NC(=O)c4ccc(Cl)c(Cl)c4)c3)nn12. The van der Waals surface area contributed by atoms with Crippen LogP contribution in [0.2, 0.25) is 10.0 Å². The van der Waals surface area contributed by atoms with Gasteiger partial charge in [-0.25, -0.2) is 0 Å². The average molecular weight is 448 g/mol. The van der Waals surface area contributed by atoms with E-state index in [-0.39, 0.29) is 5.91 Å². The summed E-state index contributed by atoms with van der Waals surface area (Å²) in [6.07, 6.45) is 0.734. The van der Waals surface area contributed by atoms with E-state index in [1.165, 1.54) is 17.4 Å². The summed E-state index contributed by atoms with van der Waals surface area (Å²) in [4.78, 5) is 13.4. The van der Waals surface area contributed by atoms with Crippen molar-refractivity contribution in [1.82, 2.24) is 19.8 Å². The molecule has 148 valence electrons. The molecule has 1 amide bonds. The number of benzene rings is 2. The van der Waals surface area contributed by atoms with Gasteiger partial charge in [-0.15, -0.1) is 10.2 Å². The lowest BCUT2D eigenvalue weighted by Gasteiger charge is -2.12. The number of aromatic nitrogens is 4. The van der Waals surface area contributed by atoms with Crippen LogP contribution in [0.25, 0.3) is 15.5 Å². The molecule has 0 radical (unpaired) electrons. The van der Waals surface area contributed by atoms with Crippen LogP contribution in [0.3, 0.4) is 0 Å². The summed E-state index contributed by atoms with van der Waals surface area (Å²) in [6, 6.07) is 10.2. The molecule has 0 bridgehead atoms. The number of hydrogen-bond donors (Lipinski definition) is 1. The van der Waals surface area contributed by atoms with Crippen molar-refractivity contribution in [2.75, 3.05) is 12.4 Å². The van der Waals surface area contributed by atoms with Crippen LogP contribution >= 0.6 is 34.5 Å². The maximum atomic E-state index is 12.7. The van der Waals surface area contributed by atoms with Crippen LogP contribution in [0.15, 0.2) is 36.4 Å². The van der Waals surface area contributed by atoms with Crippen LogP contribution < -0.4 is 10.1 Å². The lowest BCUT2D eigenvalue weighted by Crippen LogP contribution is -2.12. The van der Waals surface area contributed by atoms with Crippen LogP contribution in [-0.4, -0.2) is 32.8 Å². The van der Waals surface area contributed by atoms with E-state index >= 15 is 0 Å². The van der Waals surface area contributed by atoms with Gasteiger partial charge in [-0.3, -0.25) is 4.79 Å². The molecule has 0 atom stereocenters. The van der Waals surface area contributed by atoms with Crippen LogP contribution in [0.1, 0.15) is 23.1 Å². The van der Waals surface area contributed by atoms with Crippen LogP contribution in [0.4, 0.5) is 5.69 Å². The molecule has 7 nitrogen and oxygen atoms in total. The second kappa shape index (κ2) is 7.98. The van der Waals surface area contributed by atoms with Gasteiger partial charge in [-0.2, -0.15) is 9.61 Å². The Morgan fingerprint density at radius 1 is 1.17 bits per heavy atom. The molecule has 0 spiro atoms. The van der Waals surface area contributed by atoms with Gasteiger partial charge < -0.3 is 10.1 Å². The fourth-order valence-corrected chi connectivity index (χ4v) is 3.92. The Balaban J connectivity index is 1.68. The van der Waals surface area contributed by atoms with Crippen molar-refractivity contribution < 1.29 is 9.53 Å². The number of amides is 1. The van der Waals surface area contributed by atoms with E-state index in [0.29, 0.717) is 32.0 Å². The first-order valence-corrected chi connectivity index (χ1v) is 10.2. The van der Waals surface area contributed by atoms with Gasteiger partial charge >= 0.3 is 0 Å². The van der Waals surface area contributed by atoms with E-state index < -0.39 is 0 Å². The van der Waals surface area contributed by atoms with Gasteiger partial charge in [0.2, 0.25) is 4.96 Å². The maximum absolute atomic E-state index is 12.7. The molecule has 2 aromatic heterocycles. The van der Waals surface area contributed by atoms with Gasteiger partial charge in [0.1, 0.15) is 10.8 Å². The second-order valence-electron chi connectivity index (χ2n) is 6.07. The normalized spacial score (nSPS) is 11.0. The van der Waals surface area contributed by atoms with Crippen molar-refractivity contribution in [2.45, 2.75) is 13.3 Å². The molecule has 2 heterocycles. The van der Waals surface area contributed by atoms with Crippen LogP contribution in [-0.2, 0) is 6.42 Å². The number of ether oxygens (including phenoxy) is 1. The molecule has 1 N–H and O–H groups in total. The van der Waals surface area contributed by atoms with Gasteiger partial charge in [0.15, 0.2) is 5.82 Å². The molecule has 2 aromatic carbocycles. The van der Waals surface area contributed by atoms with Crippen molar-refractivity contribution in [3.63, 3.8) is 0 Å². The monoisotopic (exact) mass is 447 g/mol. The quantitative estimate of drug-likeness (QED) is 0.466. The zero-order valence-electron chi connectivity index (χ0n) is 15.4. The smallest absolute Gasteiger partial charge is 0.255 e. The maximum Gasteiger partial charge on any atom is 0.255 e. The number of nitrogens with one attached hydrogen (secondary N) is 1. The second-order valence-corrected chi connectivity index (χ2v) is 7.84. The fraction of sp³-hybridized carbons (Fsp3) is 0.158. The molecule has 0 aliphatic heterocycles. The summed E-state index contributed by atoms with van der Waals surface area (Å²) in [5.41, 5.74) is 1.73. The zero-order chi connectivity index (χ0) is 20.5. The Labute approximate surface area is 180 Å². The van der Waals surface area contributed by atoms with E-state index in [2.05, 4.69) is 20.6 Å². The lowest BCUT2D eigenvalue weighted by atomic mass is 10.1. The van der Waals surface area contributed by atoms with Gasteiger partial charge in [0, 0.05) is 17.5 Å². The van der Waals surface area contributed by atoms with Crippen molar-refractivity contribution in [1.29, 1.82) is 0 Å². The summed E-state index contributed by atoms with van der Waals surface area (Å²) >= 11 is 13.4. The molecule has 4 rings (SSSR count). The predicted molar refractivity (Wildman–Crippen MR) is 114 cm³/mol. The Kier molecular flexibility index (Phi) is 5.40. The van der Waals surface area contributed by atoms with Crippen molar-refractivity contribution >= 4 is 51.1 Å². The van der Waals surface area contributed by atoms with E-state index in [9.17, 15) is 4.79 Å². The van der Waals surface area contributed by atoms with E-state index in [1.807, 2.05) is 19.1 Å². The van der Waals surface area contributed by atoms with Gasteiger partial charge in [0.25, 0.3) is 5.91 Å². The Morgan fingerprint density at radius 2 is 2.00 bits per heavy atom. The minimum atomic E-state index is -0.328. The van der Waals surface area contributed by atoms with Gasteiger partial charge in [0.05, 0.1) is 22.8 Å². The highest BCUT2D eigenvalue weighted by Gasteiger charge is 2.16. The summed E-state index contributed by atoms with van der Waals surface area (Å²) in [6.45, 7) is 2.00. The van der Waals surface area contributed by atoms with Crippen LogP contribution in [0.5, 0.6) is 5.75 Å². The van der Waals surface area contributed by atoms with Gasteiger partial charge in [-0.05, 0) is 36.4 Å². The number of carbonyl (C=O) groups is 1. The van der Waals surface area contributed by atoms with E-state index in [0.717, 1.165) is 22.8 Å². The first-order chi connectivity index (χ1) is 14.0. The highest BCUT2D eigenvalue weighted by molar-refractivity contribution is 7.19. The third-order valence-electron chi connectivity index (χ3n) is 4.25. The van der Waals surface area contributed by atoms with Crippen molar-refractivity contribution in [3.8, 4) is 16.3 Å². The number of fused-ring (bicyclic) bond motifs is 1. The first kappa shape index (κ1) is 19.6. The summed E-state index contributed by atoms with van der Waals surface area (Å²) < 4.78 is 7.12. The molecular formula is C19H15Cl2N5O2S. The number of methoxy groups -OCH3 is 1. The topological polar surface area (TPSA) is 81.4 Å². The Bertz CT molecular complexity index is 1220. The molecule has 0 saturated carbocycles. The number of anilines is 1. The number of rotatable bonds is 5. The number of halogens is 2. The molecule has 0 fully saturated rings.